The molecule has 0 unspecified atom stereocenters. The van der Waals surface area contributed by atoms with Crippen LogP contribution >= 0.6 is 0 Å². The first-order valence-electron chi connectivity index (χ1n) is 8.11. The molecule has 0 aliphatic rings. The van der Waals surface area contributed by atoms with Gasteiger partial charge in [0.05, 0.1) is 0 Å². The van der Waals surface area contributed by atoms with Crippen molar-refractivity contribution in [1.29, 1.82) is 0 Å². The molecule has 1 amide bonds. The zero-order valence-electron chi connectivity index (χ0n) is 14.5. The maximum Gasteiger partial charge on any atom is 0.355 e. The van der Waals surface area contributed by atoms with Gasteiger partial charge in [-0.05, 0) is 31.4 Å². The molecule has 0 bridgehead atoms. The van der Waals surface area contributed by atoms with Crippen LogP contribution in [-0.4, -0.2) is 35.3 Å². The minimum absolute atomic E-state index is 0.141. The molecule has 1 heterocycles. The molecule has 25 heavy (non-hydrogen) atoms. The number of hydrogen-bond donors (Lipinski definition) is 2. The van der Waals surface area contributed by atoms with E-state index in [1.54, 1.807) is 0 Å². The highest BCUT2D eigenvalue weighted by Gasteiger charge is 2.20. The van der Waals surface area contributed by atoms with Gasteiger partial charge in [-0.2, -0.15) is 0 Å². The fourth-order valence-electron chi connectivity index (χ4n) is 2.29. The summed E-state index contributed by atoms with van der Waals surface area (Å²) in [5.74, 6) is -1.05. The Morgan fingerprint density at radius 1 is 1.16 bits per heavy atom. The molecule has 1 aromatic heterocycles. The Kier molecular flexibility index (Phi) is 6.11. The van der Waals surface area contributed by atoms with Crippen molar-refractivity contribution in [2.45, 2.75) is 32.8 Å². The van der Waals surface area contributed by atoms with Crippen molar-refractivity contribution in [3.05, 3.63) is 59.4 Å². The normalized spacial score (nSPS) is 12.9. The van der Waals surface area contributed by atoms with Crippen molar-refractivity contribution in [2.75, 3.05) is 6.54 Å². The molecule has 0 saturated carbocycles. The standard InChI is InChI=1S/C19H22N2O4/c1-12(15-7-5-4-6-8-15)10-21-18(23)14(3)25-19(24)17-9-16(11-20-17)13(2)22/h4-9,11-12,14,20H,10H2,1-3H3,(H,21,23)/t12-,14-/m1/s1. The summed E-state index contributed by atoms with van der Waals surface area (Å²) in [6.45, 7) is 5.37. The van der Waals surface area contributed by atoms with E-state index >= 15 is 0 Å². The summed E-state index contributed by atoms with van der Waals surface area (Å²) in [7, 11) is 0. The van der Waals surface area contributed by atoms with E-state index in [0.717, 1.165) is 5.56 Å². The van der Waals surface area contributed by atoms with Crippen LogP contribution in [0.15, 0.2) is 42.6 Å². The smallest absolute Gasteiger partial charge is 0.355 e. The Hall–Kier alpha value is -2.89. The second-order valence-corrected chi connectivity index (χ2v) is 5.96. The van der Waals surface area contributed by atoms with Crippen molar-refractivity contribution < 1.29 is 19.1 Å². The van der Waals surface area contributed by atoms with Crippen LogP contribution in [0.3, 0.4) is 0 Å². The molecular formula is C19H22N2O4. The molecule has 0 spiro atoms. The highest BCUT2D eigenvalue weighted by Crippen LogP contribution is 2.13. The lowest BCUT2D eigenvalue weighted by molar-refractivity contribution is -0.129. The zero-order chi connectivity index (χ0) is 18.4. The number of ketones is 1. The van der Waals surface area contributed by atoms with E-state index in [1.807, 2.05) is 37.3 Å². The van der Waals surface area contributed by atoms with E-state index in [4.69, 9.17) is 4.74 Å². The van der Waals surface area contributed by atoms with Crippen molar-refractivity contribution >= 4 is 17.7 Å². The van der Waals surface area contributed by atoms with Gasteiger partial charge in [0.2, 0.25) is 0 Å². The minimum atomic E-state index is -0.931. The van der Waals surface area contributed by atoms with Crippen LogP contribution < -0.4 is 5.32 Å². The van der Waals surface area contributed by atoms with Crippen molar-refractivity contribution in [3.63, 3.8) is 0 Å². The molecule has 0 aliphatic carbocycles. The second kappa shape index (κ2) is 8.28. The van der Waals surface area contributed by atoms with E-state index < -0.39 is 12.1 Å². The summed E-state index contributed by atoms with van der Waals surface area (Å²) in [4.78, 5) is 38.0. The molecule has 6 heteroatoms. The molecule has 0 saturated heterocycles. The molecule has 0 radical (unpaired) electrons. The van der Waals surface area contributed by atoms with E-state index in [9.17, 15) is 14.4 Å². The molecule has 2 atom stereocenters. The Morgan fingerprint density at radius 2 is 1.84 bits per heavy atom. The second-order valence-electron chi connectivity index (χ2n) is 5.96. The Labute approximate surface area is 146 Å². The number of rotatable bonds is 7. The van der Waals surface area contributed by atoms with E-state index in [2.05, 4.69) is 10.3 Å². The monoisotopic (exact) mass is 342 g/mol. The lowest BCUT2D eigenvalue weighted by atomic mass is 10.0. The predicted molar refractivity (Wildman–Crippen MR) is 93.5 cm³/mol. The van der Waals surface area contributed by atoms with Crippen LogP contribution in [0.1, 0.15) is 53.1 Å². The van der Waals surface area contributed by atoms with Gasteiger partial charge in [-0.1, -0.05) is 37.3 Å². The number of H-pyrrole nitrogens is 1. The molecule has 2 N–H and O–H groups in total. The Bertz CT molecular complexity index is 752. The number of benzene rings is 1. The number of aromatic nitrogens is 1. The summed E-state index contributed by atoms with van der Waals surface area (Å²) in [6, 6.07) is 11.2. The van der Waals surface area contributed by atoms with Gasteiger partial charge in [-0.3, -0.25) is 9.59 Å². The minimum Gasteiger partial charge on any atom is -0.448 e. The molecular weight excluding hydrogens is 320 g/mol. The van der Waals surface area contributed by atoms with E-state index in [1.165, 1.54) is 26.1 Å². The number of aromatic amines is 1. The number of hydrogen-bond acceptors (Lipinski definition) is 4. The first kappa shape index (κ1) is 18.4. The first-order chi connectivity index (χ1) is 11.9. The number of esters is 1. The maximum atomic E-state index is 12.1. The van der Waals surface area contributed by atoms with E-state index in [0.29, 0.717) is 12.1 Å². The van der Waals surface area contributed by atoms with Crippen molar-refractivity contribution in [2.24, 2.45) is 0 Å². The number of ether oxygens (including phenoxy) is 1. The fraction of sp³-hybridized carbons (Fsp3) is 0.316. The van der Waals surface area contributed by atoms with Gasteiger partial charge in [0.25, 0.3) is 5.91 Å². The number of carbonyl (C=O) groups is 3. The molecule has 2 rings (SSSR count). The highest BCUT2D eigenvalue weighted by atomic mass is 16.5. The SMILES string of the molecule is CC(=O)c1c[nH]c(C(=O)O[C@H](C)C(=O)NC[C@@H](C)c2ccccc2)c1. The highest BCUT2D eigenvalue weighted by molar-refractivity contribution is 5.98. The third-order valence-electron chi connectivity index (χ3n) is 3.91. The number of amides is 1. The number of nitrogens with one attached hydrogen (secondary N) is 2. The molecule has 0 aliphatic heterocycles. The molecule has 2 aromatic rings. The average Bonchev–Trinajstić information content (AvgIpc) is 3.10. The van der Waals surface area contributed by atoms with Crippen LogP contribution in [0.4, 0.5) is 0 Å². The predicted octanol–water partition coefficient (Wildman–Crippen LogP) is 2.68. The van der Waals surface area contributed by atoms with Crippen LogP contribution in [0.25, 0.3) is 0 Å². The van der Waals surface area contributed by atoms with E-state index in [-0.39, 0.29) is 23.3 Å². The van der Waals surface area contributed by atoms with Crippen LogP contribution in [0.2, 0.25) is 0 Å². The Morgan fingerprint density at radius 3 is 2.44 bits per heavy atom. The lowest BCUT2D eigenvalue weighted by Gasteiger charge is -2.16. The van der Waals surface area contributed by atoms with Gasteiger partial charge in [-0.25, -0.2) is 4.79 Å². The van der Waals surface area contributed by atoms with Gasteiger partial charge in [0.15, 0.2) is 11.9 Å². The molecule has 0 fully saturated rings. The average molecular weight is 342 g/mol. The summed E-state index contributed by atoms with van der Waals surface area (Å²) in [6.07, 6.45) is 0.505. The van der Waals surface area contributed by atoms with Gasteiger partial charge < -0.3 is 15.0 Å². The summed E-state index contributed by atoms with van der Waals surface area (Å²) in [5, 5.41) is 2.78. The quantitative estimate of drug-likeness (QED) is 0.598. The van der Waals surface area contributed by atoms with Crippen LogP contribution in [-0.2, 0) is 9.53 Å². The van der Waals surface area contributed by atoms with Crippen molar-refractivity contribution in [1.82, 2.24) is 10.3 Å². The largest absolute Gasteiger partial charge is 0.448 e. The first-order valence-corrected chi connectivity index (χ1v) is 8.11. The van der Waals surface area contributed by atoms with Gasteiger partial charge in [0.1, 0.15) is 5.69 Å². The number of carbonyl (C=O) groups excluding carboxylic acids is 3. The molecule has 132 valence electrons. The van der Waals surface area contributed by atoms with Gasteiger partial charge in [0, 0.05) is 18.3 Å². The summed E-state index contributed by atoms with van der Waals surface area (Å²) >= 11 is 0. The third-order valence-corrected chi connectivity index (χ3v) is 3.91. The van der Waals surface area contributed by atoms with Gasteiger partial charge >= 0.3 is 5.97 Å². The fourth-order valence-corrected chi connectivity index (χ4v) is 2.29. The number of Topliss-reactive ketones (excluding diaryl/α,β-unsaturated/α-hetero) is 1. The van der Waals surface area contributed by atoms with Crippen molar-refractivity contribution in [3.8, 4) is 0 Å². The Balaban J connectivity index is 1.85. The molecule has 6 nitrogen and oxygen atoms in total. The maximum absolute atomic E-state index is 12.1. The van der Waals surface area contributed by atoms with Gasteiger partial charge in [-0.15, -0.1) is 0 Å². The lowest BCUT2D eigenvalue weighted by Crippen LogP contribution is -2.37. The topological polar surface area (TPSA) is 88.3 Å². The van der Waals surface area contributed by atoms with Crippen LogP contribution in [0, 0.1) is 0 Å². The van der Waals surface area contributed by atoms with Crippen LogP contribution in [0.5, 0.6) is 0 Å². The zero-order valence-corrected chi connectivity index (χ0v) is 14.5. The summed E-state index contributed by atoms with van der Waals surface area (Å²) < 4.78 is 5.14. The third kappa shape index (κ3) is 5.04. The molecule has 1 aromatic carbocycles. The summed E-state index contributed by atoms with van der Waals surface area (Å²) in [5.41, 5.74) is 1.65.